The molecule has 0 heterocycles. The summed E-state index contributed by atoms with van der Waals surface area (Å²) in [6.07, 6.45) is 3.74. The summed E-state index contributed by atoms with van der Waals surface area (Å²) in [5, 5.41) is 9.53. The monoisotopic (exact) mass is 314 g/mol. The molecule has 4 N–H and O–H groups in total. The van der Waals surface area contributed by atoms with E-state index in [2.05, 4.69) is 4.72 Å². The molecule has 2 rings (SSSR count). The second kappa shape index (κ2) is 6.21. The molecule has 1 fully saturated rings. The van der Waals surface area contributed by atoms with Gasteiger partial charge in [0.25, 0.3) is 0 Å². The lowest BCUT2D eigenvalue weighted by Gasteiger charge is -2.26. The minimum absolute atomic E-state index is 0.000269. The van der Waals surface area contributed by atoms with Gasteiger partial charge in [-0.05, 0) is 31.0 Å². The third-order valence-corrected chi connectivity index (χ3v) is 5.55. The fourth-order valence-corrected chi connectivity index (χ4v) is 3.92. The molecule has 0 amide bonds. The van der Waals surface area contributed by atoms with E-state index in [9.17, 15) is 13.5 Å². The molecule has 1 aliphatic rings. The van der Waals surface area contributed by atoms with E-state index in [4.69, 9.17) is 10.5 Å². The second-order valence-corrected chi connectivity index (χ2v) is 7.36. The SMILES string of the molecule is COc1ccc(S(=O)(=O)NCC2(CO)CCCC2)cc1N. The molecule has 0 saturated heterocycles. The number of nitrogens with one attached hydrogen (secondary N) is 1. The van der Waals surface area contributed by atoms with Gasteiger partial charge in [-0.2, -0.15) is 0 Å². The summed E-state index contributed by atoms with van der Waals surface area (Å²) in [7, 11) is -2.16. The molecule has 6 nitrogen and oxygen atoms in total. The normalized spacial score (nSPS) is 17.8. The predicted octanol–water partition coefficient (Wildman–Crippen LogP) is 1.11. The fourth-order valence-electron chi connectivity index (χ4n) is 2.73. The lowest BCUT2D eigenvalue weighted by molar-refractivity contribution is 0.134. The summed E-state index contributed by atoms with van der Waals surface area (Å²) in [5.41, 5.74) is 5.69. The van der Waals surface area contributed by atoms with Gasteiger partial charge < -0.3 is 15.6 Å². The number of hydrogen-bond donors (Lipinski definition) is 3. The van der Waals surface area contributed by atoms with Gasteiger partial charge in [0.05, 0.1) is 17.7 Å². The van der Waals surface area contributed by atoms with Crippen molar-refractivity contribution in [3.63, 3.8) is 0 Å². The quantitative estimate of drug-likeness (QED) is 0.683. The Kier molecular flexibility index (Phi) is 4.75. The van der Waals surface area contributed by atoms with Gasteiger partial charge >= 0.3 is 0 Å². The number of aliphatic hydroxyl groups excluding tert-OH is 1. The van der Waals surface area contributed by atoms with Crippen LogP contribution in [0.5, 0.6) is 5.75 Å². The van der Waals surface area contributed by atoms with E-state index in [0.717, 1.165) is 25.7 Å². The van der Waals surface area contributed by atoms with Gasteiger partial charge in [-0.1, -0.05) is 12.8 Å². The Balaban J connectivity index is 2.13. The van der Waals surface area contributed by atoms with Crippen LogP contribution in [0.1, 0.15) is 25.7 Å². The maximum atomic E-state index is 12.3. The van der Waals surface area contributed by atoms with Crippen LogP contribution >= 0.6 is 0 Å². The molecule has 1 aliphatic carbocycles. The molecule has 0 spiro atoms. The molecule has 21 heavy (non-hydrogen) atoms. The molecule has 0 bridgehead atoms. The van der Waals surface area contributed by atoms with Crippen molar-refractivity contribution in [1.82, 2.24) is 4.72 Å². The van der Waals surface area contributed by atoms with Gasteiger partial charge in [-0.25, -0.2) is 13.1 Å². The lowest BCUT2D eigenvalue weighted by atomic mass is 9.88. The number of nitrogens with two attached hydrogens (primary N) is 1. The minimum atomic E-state index is -3.64. The van der Waals surface area contributed by atoms with Gasteiger partial charge in [0.15, 0.2) is 0 Å². The first kappa shape index (κ1) is 16.1. The van der Waals surface area contributed by atoms with Crippen molar-refractivity contribution >= 4 is 15.7 Å². The molecule has 0 atom stereocenters. The van der Waals surface area contributed by atoms with E-state index in [1.54, 1.807) is 0 Å². The van der Waals surface area contributed by atoms with Crippen LogP contribution in [-0.4, -0.2) is 33.8 Å². The molecular weight excluding hydrogens is 292 g/mol. The van der Waals surface area contributed by atoms with Crippen molar-refractivity contribution in [2.24, 2.45) is 5.41 Å². The molecule has 7 heteroatoms. The van der Waals surface area contributed by atoms with Gasteiger partial charge in [0, 0.05) is 18.6 Å². The smallest absolute Gasteiger partial charge is 0.240 e. The molecular formula is C14H22N2O4S. The Morgan fingerprint density at radius 2 is 2.05 bits per heavy atom. The Morgan fingerprint density at radius 3 is 2.57 bits per heavy atom. The summed E-state index contributed by atoms with van der Waals surface area (Å²) in [6.45, 7) is 0.248. The molecule has 118 valence electrons. The van der Waals surface area contributed by atoms with E-state index in [0.29, 0.717) is 5.75 Å². The first-order valence-corrected chi connectivity index (χ1v) is 8.45. The first-order valence-electron chi connectivity index (χ1n) is 6.96. The van der Waals surface area contributed by atoms with Crippen LogP contribution in [0.2, 0.25) is 0 Å². The third-order valence-electron chi connectivity index (χ3n) is 4.15. The molecule has 0 radical (unpaired) electrons. The Hall–Kier alpha value is -1.31. The second-order valence-electron chi connectivity index (χ2n) is 5.59. The number of methoxy groups -OCH3 is 1. The molecule has 1 saturated carbocycles. The van der Waals surface area contributed by atoms with Crippen LogP contribution < -0.4 is 15.2 Å². The predicted molar refractivity (Wildman–Crippen MR) is 80.6 cm³/mol. The highest BCUT2D eigenvalue weighted by Gasteiger charge is 2.34. The Labute approximate surface area is 125 Å². The number of nitrogen functional groups attached to an aromatic ring is 1. The van der Waals surface area contributed by atoms with E-state index in [1.807, 2.05) is 0 Å². The summed E-state index contributed by atoms with van der Waals surface area (Å²) >= 11 is 0. The summed E-state index contributed by atoms with van der Waals surface area (Å²) in [6, 6.07) is 4.36. The van der Waals surface area contributed by atoms with E-state index in [1.165, 1.54) is 25.3 Å². The fraction of sp³-hybridized carbons (Fsp3) is 0.571. The van der Waals surface area contributed by atoms with Crippen LogP contribution in [0.3, 0.4) is 0 Å². The largest absolute Gasteiger partial charge is 0.495 e. The van der Waals surface area contributed by atoms with E-state index in [-0.39, 0.29) is 29.1 Å². The number of ether oxygens (including phenoxy) is 1. The van der Waals surface area contributed by atoms with Crippen molar-refractivity contribution in [3.05, 3.63) is 18.2 Å². The molecule has 0 aliphatic heterocycles. The van der Waals surface area contributed by atoms with Gasteiger partial charge in [0.2, 0.25) is 10.0 Å². The van der Waals surface area contributed by atoms with Crippen molar-refractivity contribution in [2.45, 2.75) is 30.6 Å². The Morgan fingerprint density at radius 1 is 1.38 bits per heavy atom. The zero-order chi connectivity index (χ0) is 15.5. The first-order chi connectivity index (χ1) is 9.92. The third kappa shape index (κ3) is 3.48. The van der Waals surface area contributed by atoms with E-state index < -0.39 is 10.0 Å². The lowest BCUT2D eigenvalue weighted by Crippen LogP contribution is -2.38. The molecule has 1 aromatic rings. The topological polar surface area (TPSA) is 102 Å². The number of rotatable bonds is 6. The average Bonchev–Trinajstić information content (AvgIpc) is 2.95. The number of aliphatic hydroxyl groups is 1. The molecule has 0 aromatic heterocycles. The summed E-state index contributed by atoms with van der Waals surface area (Å²) in [5.74, 6) is 0.441. The van der Waals surface area contributed by atoms with E-state index >= 15 is 0 Å². The standard InChI is InChI=1S/C14H22N2O4S/c1-20-13-5-4-11(8-12(13)15)21(18,19)16-9-14(10-17)6-2-3-7-14/h4-5,8,16-17H,2-3,6-7,9-10,15H2,1H3. The number of hydrogen-bond acceptors (Lipinski definition) is 5. The van der Waals surface area contributed by atoms with Crippen LogP contribution in [0, 0.1) is 5.41 Å². The average molecular weight is 314 g/mol. The minimum Gasteiger partial charge on any atom is -0.495 e. The van der Waals surface area contributed by atoms with Crippen molar-refractivity contribution in [1.29, 1.82) is 0 Å². The summed E-state index contributed by atoms with van der Waals surface area (Å²) in [4.78, 5) is 0.104. The highest BCUT2D eigenvalue weighted by molar-refractivity contribution is 7.89. The molecule has 0 unspecified atom stereocenters. The van der Waals surface area contributed by atoms with Crippen LogP contribution in [0.4, 0.5) is 5.69 Å². The number of sulfonamides is 1. The van der Waals surface area contributed by atoms with Crippen LogP contribution in [0.15, 0.2) is 23.1 Å². The zero-order valence-corrected chi connectivity index (χ0v) is 12.9. The van der Waals surface area contributed by atoms with Crippen molar-refractivity contribution in [2.75, 3.05) is 26.0 Å². The molecule has 1 aromatic carbocycles. The van der Waals surface area contributed by atoms with Gasteiger partial charge in [0.1, 0.15) is 5.75 Å². The number of anilines is 1. The highest BCUT2D eigenvalue weighted by Crippen LogP contribution is 2.37. The number of benzene rings is 1. The maximum Gasteiger partial charge on any atom is 0.240 e. The zero-order valence-electron chi connectivity index (χ0n) is 12.1. The van der Waals surface area contributed by atoms with Gasteiger partial charge in [-0.15, -0.1) is 0 Å². The van der Waals surface area contributed by atoms with Crippen molar-refractivity contribution < 1.29 is 18.3 Å². The van der Waals surface area contributed by atoms with Crippen molar-refractivity contribution in [3.8, 4) is 5.75 Å². The maximum absolute atomic E-state index is 12.3. The Bertz CT molecular complexity index is 595. The van der Waals surface area contributed by atoms with Gasteiger partial charge in [-0.3, -0.25) is 0 Å². The van der Waals surface area contributed by atoms with Crippen LogP contribution in [-0.2, 0) is 10.0 Å². The highest BCUT2D eigenvalue weighted by atomic mass is 32.2. The van der Waals surface area contributed by atoms with Crippen LogP contribution in [0.25, 0.3) is 0 Å². The summed E-state index contributed by atoms with van der Waals surface area (Å²) < 4.78 is 32.2.